The van der Waals surface area contributed by atoms with Crippen molar-refractivity contribution in [1.82, 2.24) is 4.98 Å². The third-order valence-electron chi connectivity index (χ3n) is 7.70. The molecule has 0 N–H and O–H groups in total. The molecular formula is C30H24N2O2. The lowest BCUT2D eigenvalue weighted by atomic mass is 9.44. The first-order valence-electron chi connectivity index (χ1n) is 11.6. The number of para-hydroxylation sites is 1. The topological polar surface area (TPSA) is 50.3 Å². The SMILES string of the molecule is C[C@]12C[C@H](c3ccccn3)[C@@]1(C(=O)c1ccccc1)c1ccccc1N2C(=O)c1ccccc1. The van der Waals surface area contributed by atoms with Gasteiger partial charge in [0.25, 0.3) is 5.91 Å². The summed E-state index contributed by atoms with van der Waals surface area (Å²) in [5.74, 6) is -0.188. The summed E-state index contributed by atoms with van der Waals surface area (Å²) in [6, 6.07) is 32.5. The van der Waals surface area contributed by atoms with Crippen LogP contribution in [-0.4, -0.2) is 22.2 Å². The molecule has 4 nitrogen and oxygen atoms in total. The number of benzene rings is 3. The largest absolute Gasteiger partial charge is 0.301 e. The van der Waals surface area contributed by atoms with E-state index in [-0.39, 0.29) is 17.6 Å². The Labute approximate surface area is 198 Å². The Morgan fingerprint density at radius 1 is 0.794 bits per heavy atom. The molecule has 0 bridgehead atoms. The van der Waals surface area contributed by atoms with Crippen molar-refractivity contribution in [3.63, 3.8) is 0 Å². The van der Waals surface area contributed by atoms with E-state index in [1.165, 1.54) is 0 Å². The van der Waals surface area contributed by atoms with Crippen molar-refractivity contribution < 1.29 is 9.59 Å². The molecule has 1 amide bonds. The average molecular weight is 445 g/mol. The summed E-state index contributed by atoms with van der Waals surface area (Å²) >= 11 is 0. The monoisotopic (exact) mass is 444 g/mol. The van der Waals surface area contributed by atoms with Gasteiger partial charge in [-0.05, 0) is 49.2 Å². The molecule has 1 aliphatic carbocycles. The second-order valence-corrected chi connectivity index (χ2v) is 9.31. The van der Waals surface area contributed by atoms with E-state index in [9.17, 15) is 9.59 Å². The van der Waals surface area contributed by atoms with Gasteiger partial charge in [-0.25, -0.2) is 0 Å². The average Bonchev–Trinajstić information content (AvgIpc) is 3.06. The number of Topliss-reactive ketones (excluding diaryl/α,β-unsaturated/α-hetero) is 1. The van der Waals surface area contributed by atoms with Crippen molar-refractivity contribution in [3.05, 3.63) is 132 Å². The molecule has 1 saturated carbocycles. The molecule has 0 saturated heterocycles. The van der Waals surface area contributed by atoms with E-state index < -0.39 is 11.0 Å². The van der Waals surface area contributed by atoms with Crippen LogP contribution in [-0.2, 0) is 5.41 Å². The van der Waals surface area contributed by atoms with Crippen LogP contribution in [0.1, 0.15) is 51.2 Å². The Kier molecular flexibility index (Phi) is 4.53. The van der Waals surface area contributed by atoms with E-state index in [4.69, 9.17) is 0 Å². The van der Waals surface area contributed by atoms with E-state index in [0.717, 1.165) is 16.9 Å². The first kappa shape index (κ1) is 20.5. The molecule has 0 unspecified atom stereocenters. The van der Waals surface area contributed by atoms with Gasteiger partial charge in [-0.1, -0.05) is 72.8 Å². The third kappa shape index (κ3) is 2.57. The van der Waals surface area contributed by atoms with E-state index >= 15 is 0 Å². The first-order valence-corrected chi connectivity index (χ1v) is 11.6. The summed E-state index contributed by atoms with van der Waals surface area (Å²) in [6.07, 6.45) is 2.43. The minimum Gasteiger partial charge on any atom is -0.301 e. The van der Waals surface area contributed by atoms with Gasteiger partial charge in [-0.3, -0.25) is 14.6 Å². The zero-order valence-corrected chi connectivity index (χ0v) is 18.9. The maximum absolute atomic E-state index is 14.5. The van der Waals surface area contributed by atoms with E-state index in [0.29, 0.717) is 17.5 Å². The molecule has 2 heterocycles. The number of hydrogen-bond donors (Lipinski definition) is 0. The van der Waals surface area contributed by atoms with Crippen LogP contribution in [0.5, 0.6) is 0 Å². The van der Waals surface area contributed by atoms with Crippen LogP contribution < -0.4 is 4.90 Å². The molecule has 0 radical (unpaired) electrons. The quantitative estimate of drug-likeness (QED) is 0.373. The number of anilines is 1. The highest BCUT2D eigenvalue weighted by molar-refractivity contribution is 6.16. The maximum atomic E-state index is 14.5. The summed E-state index contributed by atoms with van der Waals surface area (Å²) < 4.78 is 0. The van der Waals surface area contributed by atoms with Crippen LogP contribution in [0, 0.1) is 0 Å². The minimum absolute atomic E-state index is 0.0355. The smallest absolute Gasteiger partial charge is 0.258 e. The van der Waals surface area contributed by atoms with E-state index in [1.807, 2.05) is 108 Å². The highest BCUT2D eigenvalue weighted by Crippen LogP contribution is 2.70. The van der Waals surface area contributed by atoms with E-state index in [1.54, 1.807) is 6.20 Å². The van der Waals surface area contributed by atoms with Crippen LogP contribution in [0.3, 0.4) is 0 Å². The lowest BCUT2D eigenvalue weighted by molar-refractivity contribution is 0.0426. The number of pyridine rings is 1. The van der Waals surface area contributed by atoms with Gasteiger partial charge in [0.05, 0.1) is 11.0 Å². The Hall–Kier alpha value is -4.05. The van der Waals surface area contributed by atoms with Gasteiger partial charge in [0.1, 0.15) is 0 Å². The van der Waals surface area contributed by atoms with Gasteiger partial charge in [-0.2, -0.15) is 0 Å². The molecule has 6 rings (SSSR count). The van der Waals surface area contributed by atoms with Crippen LogP contribution in [0.4, 0.5) is 5.69 Å². The van der Waals surface area contributed by atoms with Crippen molar-refractivity contribution in [2.75, 3.05) is 4.90 Å². The normalized spacial score (nSPS) is 24.6. The van der Waals surface area contributed by atoms with E-state index in [2.05, 4.69) is 11.9 Å². The fourth-order valence-electron chi connectivity index (χ4n) is 6.26. The third-order valence-corrected chi connectivity index (χ3v) is 7.70. The number of amides is 1. The van der Waals surface area contributed by atoms with Crippen LogP contribution >= 0.6 is 0 Å². The highest BCUT2D eigenvalue weighted by Gasteiger charge is 2.75. The van der Waals surface area contributed by atoms with Crippen LogP contribution in [0.15, 0.2) is 109 Å². The summed E-state index contributed by atoms with van der Waals surface area (Å²) in [6.45, 7) is 2.06. The molecule has 166 valence electrons. The Morgan fingerprint density at radius 2 is 1.41 bits per heavy atom. The molecule has 1 aromatic heterocycles. The molecule has 1 fully saturated rings. The standard InChI is InChI=1S/C30H24N2O2/c1-29-20-24(25-17-10-11-19-31-25)30(29,27(33)21-12-4-2-5-13-21)23-16-8-9-18-26(23)32(29)28(34)22-14-6-3-7-15-22/h2-19,24H,20H2,1H3/t24-,29+,30-/m1/s1. The zero-order valence-electron chi connectivity index (χ0n) is 18.9. The summed E-state index contributed by atoms with van der Waals surface area (Å²) in [5.41, 5.74) is 2.20. The molecule has 4 heteroatoms. The minimum atomic E-state index is -0.927. The predicted molar refractivity (Wildman–Crippen MR) is 132 cm³/mol. The van der Waals surface area contributed by atoms with Gasteiger partial charge >= 0.3 is 0 Å². The molecule has 2 aliphatic rings. The van der Waals surface area contributed by atoms with Crippen molar-refractivity contribution >= 4 is 17.4 Å². The van der Waals surface area contributed by atoms with Gasteiger partial charge in [-0.15, -0.1) is 0 Å². The number of hydrogen-bond acceptors (Lipinski definition) is 3. The molecule has 3 aromatic carbocycles. The first-order chi connectivity index (χ1) is 16.6. The number of carbonyl (C=O) groups is 2. The van der Waals surface area contributed by atoms with Crippen molar-refractivity contribution in [3.8, 4) is 0 Å². The predicted octanol–water partition coefficient (Wildman–Crippen LogP) is 5.81. The maximum Gasteiger partial charge on any atom is 0.258 e. The fraction of sp³-hybridized carbons (Fsp3) is 0.167. The number of nitrogens with zero attached hydrogens (tertiary/aromatic N) is 2. The van der Waals surface area contributed by atoms with Gasteiger partial charge < -0.3 is 4.90 Å². The number of rotatable bonds is 4. The number of carbonyl (C=O) groups excluding carboxylic acids is 2. The zero-order chi connectivity index (χ0) is 23.3. The second-order valence-electron chi connectivity index (χ2n) is 9.31. The Bertz CT molecular complexity index is 1390. The molecule has 34 heavy (non-hydrogen) atoms. The Morgan fingerprint density at radius 3 is 2.09 bits per heavy atom. The molecule has 0 spiro atoms. The summed E-state index contributed by atoms with van der Waals surface area (Å²) in [5, 5.41) is 0. The van der Waals surface area contributed by atoms with Crippen LogP contribution in [0.25, 0.3) is 0 Å². The molecule has 4 aromatic rings. The highest BCUT2D eigenvalue weighted by atomic mass is 16.2. The molecule has 3 atom stereocenters. The lowest BCUT2D eigenvalue weighted by Crippen LogP contribution is -2.72. The second kappa shape index (κ2) is 7.49. The number of fused-ring (bicyclic) bond motifs is 3. The van der Waals surface area contributed by atoms with Gasteiger partial charge in [0, 0.05) is 34.6 Å². The van der Waals surface area contributed by atoms with Crippen molar-refractivity contribution in [2.24, 2.45) is 0 Å². The van der Waals surface area contributed by atoms with Crippen molar-refractivity contribution in [1.29, 1.82) is 0 Å². The molecular weight excluding hydrogens is 420 g/mol. The number of ketones is 1. The molecule has 1 aliphatic heterocycles. The van der Waals surface area contributed by atoms with Gasteiger partial charge in [0.15, 0.2) is 5.78 Å². The van der Waals surface area contributed by atoms with Crippen molar-refractivity contribution in [2.45, 2.75) is 30.2 Å². The summed E-state index contributed by atoms with van der Waals surface area (Å²) in [4.78, 5) is 35.0. The fourth-order valence-corrected chi connectivity index (χ4v) is 6.26. The Balaban J connectivity index is 1.61. The van der Waals surface area contributed by atoms with Gasteiger partial charge in [0.2, 0.25) is 0 Å². The lowest BCUT2D eigenvalue weighted by Gasteiger charge is -2.60. The number of aromatic nitrogens is 1. The van der Waals surface area contributed by atoms with Crippen LogP contribution in [0.2, 0.25) is 0 Å². The summed E-state index contributed by atoms with van der Waals surface area (Å²) in [7, 11) is 0.